The predicted molar refractivity (Wildman–Crippen MR) is 105 cm³/mol. The molecule has 0 aliphatic carbocycles. The zero-order chi connectivity index (χ0) is 18.8. The maximum atomic E-state index is 12.1. The molecule has 26 heavy (non-hydrogen) atoms. The van der Waals surface area contributed by atoms with Crippen molar-refractivity contribution in [1.29, 1.82) is 0 Å². The lowest BCUT2D eigenvalue weighted by molar-refractivity contribution is -0.142. The van der Waals surface area contributed by atoms with Gasteiger partial charge in [0.05, 0.1) is 0 Å². The number of ether oxygens (including phenoxy) is 1. The summed E-state index contributed by atoms with van der Waals surface area (Å²) >= 11 is 0. The van der Waals surface area contributed by atoms with Gasteiger partial charge in [0.15, 0.2) is 12.4 Å². The van der Waals surface area contributed by atoms with Gasteiger partial charge in [-0.3, -0.25) is 9.59 Å². The third-order valence-electron chi connectivity index (χ3n) is 4.38. The molecule has 0 atom stereocenters. The number of hydrogen-bond acceptors (Lipinski definition) is 3. The number of Topliss-reactive ketones (excluding diaryl/α,β-unsaturated/α-hetero) is 1. The van der Waals surface area contributed by atoms with Crippen LogP contribution in [0.5, 0.6) is 0 Å². The molecule has 3 heteroatoms. The minimum Gasteiger partial charge on any atom is -0.457 e. The fourth-order valence-corrected chi connectivity index (χ4v) is 2.80. The van der Waals surface area contributed by atoms with Gasteiger partial charge in [-0.1, -0.05) is 75.2 Å². The van der Waals surface area contributed by atoms with Crippen molar-refractivity contribution < 1.29 is 14.3 Å². The second kappa shape index (κ2) is 10.5. The van der Waals surface area contributed by atoms with Gasteiger partial charge in [-0.05, 0) is 36.0 Å². The van der Waals surface area contributed by atoms with Crippen LogP contribution in [0.25, 0.3) is 11.1 Å². The van der Waals surface area contributed by atoms with E-state index in [0.29, 0.717) is 12.0 Å². The molecule has 0 aromatic heterocycles. The van der Waals surface area contributed by atoms with E-state index in [1.54, 1.807) is 12.1 Å². The molecule has 0 amide bonds. The van der Waals surface area contributed by atoms with E-state index in [1.807, 2.05) is 19.1 Å². The van der Waals surface area contributed by atoms with Gasteiger partial charge in [-0.2, -0.15) is 0 Å². The Kier molecular flexibility index (Phi) is 8.07. The molecule has 2 aromatic carbocycles. The van der Waals surface area contributed by atoms with Gasteiger partial charge >= 0.3 is 5.97 Å². The average Bonchev–Trinajstić information content (AvgIpc) is 2.67. The lowest BCUT2D eigenvalue weighted by atomic mass is 10.00. The van der Waals surface area contributed by atoms with Gasteiger partial charge in [0.25, 0.3) is 0 Å². The fraction of sp³-hybridized carbons (Fsp3) is 0.391. The van der Waals surface area contributed by atoms with E-state index in [-0.39, 0.29) is 18.4 Å². The Morgan fingerprint density at radius 1 is 0.808 bits per heavy atom. The number of ketones is 1. The van der Waals surface area contributed by atoms with E-state index in [1.165, 1.54) is 24.8 Å². The maximum Gasteiger partial charge on any atom is 0.306 e. The van der Waals surface area contributed by atoms with Crippen LogP contribution in [0.15, 0.2) is 48.5 Å². The van der Waals surface area contributed by atoms with E-state index in [9.17, 15) is 9.59 Å². The molecular weight excluding hydrogens is 324 g/mol. The summed E-state index contributed by atoms with van der Waals surface area (Å²) in [6.07, 6.45) is 5.93. The standard InChI is InChI=1S/C23H28O3/c1-3-5-6-8-18-9-11-19(12-10-18)20-13-15-21(16-14-20)22(24)17-26-23(25)7-4-2/h9-16H,3-8,17H2,1-2H3. The Bertz CT molecular complexity index is 699. The summed E-state index contributed by atoms with van der Waals surface area (Å²) in [6, 6.07) is 16.1. The van der Waals surface area contributed by atoms with E-state index >= 15 is 0 Å². The summed E-state index contributed by atoms with van der Waals surface area (Å²) in [4.78, 5) is 23.4. The Morgan fingerprint density at radius 3 is 2.00 bits per heavy atom. The first-order chi connectivity index (χ1) is 12.6. The number of benzene rings is 2. The van der Waals surface area contributed by atoms with Gasteiger partial charge in [0, 0.05) is 12.0 Å². The number of carbonyl (C=O) groups excluding carboxylic acids is 2. The number of aryl methyl sites for hydroxylation is 1. The first-order valence-corrected chi connectivity index (χ1v) is 9.52. The van der Waals surface area contributed by atoms with Crippen LogP contribution in [0, 0.1) is 0 Å². The highest BCUT2D eigenvalue weighted by atomic mass is 16.5. The van der Waals surface area contributed by atoms with E-state index in [2.05, 4.69) is 31.2 Å². The molecule has 3 nitrogen and oxygen atoms in total. The second-order valence-electron chi connectivity index (χ2n) is 6.57. The molecule has 138 valence electrons. The van der Waals surface area contributed by atoms with Crippen molar-refractivity contribution >= 4 is 11.8 Å². The molecular formula is C23H28O3. The van der Waals surface area contributed by atoms with Gasteiger partial charge in [0.2, 0.25) is 0 Å². The third kappa shape index (κ3) is 6.14. The van der Waals surface area contributed by atoms with Gasteiger partial charge in [0.1, 0.15) is 0 Å². The molecule has 2 rings (SSSR count). The Balaban J connectivity index is 1.94. The monoisotopic (exact) mass is 352 g/mol. The van der Waals surface area contributed by atoms with Crippen LogP contribution >= 0.6 is 0 Å². The van der Waals surface area contributed by atoms with Crippen LogP contribution in [-0.4, -0.2) is 18.4 Å². The van der Waals surface area contributed by atoms with Crippen molar-refractivity contribution in [2.45, 2.75) is 52.4 Å². The topological polar surface area (TPSA) is 43.4 Å². The van der Waals surface area contributed by atoms with Crippen molar-refractivity contribution in [2.24, 2.45) is 0 Å². The minimum atomic E-state index is -0.323. The van der Waals surface area contributed by atoms with E-state index < -0.39 is 0 Å². The van der Waals surface area contributed by atoms with Crippen molar-refractivity contribution in [2.75, 3.05) is 6.61 Å². The maximum absolute atomic E-state index is 12.1. The smallest absolute Gasteiger partial charge is 0.306 e. The van der Waals surface area contributed by atoms with Crippen LogP contribution < -0.4 is 0 Å². The summed E-state index contributed by atoms with van der Waals surface area (Å²) in [6.45, 7) is 3.93. The van der Waals surface area contributed by atoms with Crippen LogP contribution in [0.1, 0.15) is 61.9 Å². The Labute approximate surface area is 156 Å². The highest BCUT2D eigenvalue weighted by Gasteiger charge is 2.09. The van der Waals surface area contributed by atoms with Gasteiger partial charge in [-0.25, -0.2) is 0 Å². The molecule has 0 bridgehead atoms. The quantitative estimate of drug-likeness (QED) is 0.317. The largest absolute Gasteiger partial charge is 0.457 e. The molecule has 0 radical (unpaired) electrons. The SMILES string of the molecule is CCCCCc1ccc(-c2ccc(C(=O)COC(=O)CCC)cc2)cc1. The molecule has 0 spiro atoms. The number of rotatable bonds is 10. The Morgan fingerprint density at radius 2 is 1.42 bits per heavy atom. The molecule has 0 aliphatic heterocycles. The fourth-order valence-electron chi connectivity index (χ4n) is 2.80. The summed E-state index contributed by atoms with van der Waals surface area (Å²) in [5, 5.41) is 0. The Hall–Kier alpha value is -2.42. The first kappa shape index (κ1) is 19.9. The molecule has 0 unspecified atom stereocenters. The highest BCUT2D eigenvalue weighted by molar-refractivity contribution is 5.98. The van der Waals surface area contributed by atoms with Crippen molar-refractivity contribution in [1.82, 2.24) is 0 Å². The summed E-state index contributed by atoms with van der Waals surface area (Å²) < 4.78 is 4.98. The number of hydrogen-bond donors (Lipinski definition) is 0. The lowest BCUT2D eigenvalue weighted by Crippen LogP contribution is -2.13. The molecule has 0 N–H and O–H groups in total. The lowest BCUT2D eigenvalue weighted by Gasteiger charge is -2.07. The predicted octanol–water partition coefficient (Wildman–Crippen LogP) is 5.61. The molecule has 2 aromatic rings. The van der Waals surface area contributed by atoms with Gasteiger partial charge in [-0.15, -0.1) is 0 Å². The summed E-state index contributed by atoms with van der Waals surface area (Å²) in [7, 11) is 0. The van der Waals surface area contributed by atoms with Crippen LogP contribution in [0.3, 0.4) is 0 Å². The normalized spacial score (nSPS) is 10.5. The first-order valence-electron chi connectivity index (χ1n) is 9.52. The van der Waals surface area contributed by atoms with Crippen molar-refractivity contribution in [3.8, 4) is 11.1 Å². The number of carbonyl (C=O) groups is 2. The van der Waals surface area contributed by atoms with Gasteiger partial charge < -0.3 is 4.74 Å². The summed E-state index contributed by atoms with van der Waals surface area (Å²) in [5.74, 6) is -0.497. The average molecular weight is 352 g/mol. The molecule has 0 heterocycles. The summed E-state index contributed by atoms with van der Waals surface area (Å²) in [5.41, 5.74) is 4.14. The number of unbranched alkanes of at least 4 members (excludes halogenated alkanes) is 2. The van der Waals surface area contributed by atoms with Crippen molar-refractivity contribution in [3.05, 3.63) is 59.7 Å². The van der Waals surface area contributed by atoms with Crippen molar-refractivity contribution in [3.63, 3.8) is 0 Å². The van der Waals surface area contributed by atoms with E-state index in [4.69, 9.17) is 4.74 Å². The third-order valence-corrected chi connectivity index (χ3v) is 4.38. The molecule has 0 saturated heterocycles. The minimum absolute atomic E-state index is 0.174. The van der Waals surface area contributed by atoms with Crippen LogP contribution in [-0.2, 0) is 16.0 Å². The second-order valence-corrected chi connectivity index (χ2v) is 6.57. The van der Waals surface area contributed by atoms with Crippen LogP contribution in [0.2, 0.25) is 0 Å². The van der Waals surface area contributed by atoms with Crippen LogP contribution in [0.4, 0.5) is 0 Å². The number of esters is 1. The highest BCUT2D eigenvalue weighted by Crippen LogP contribution is 2.21. The molecule has 0 aliphatic rings. The molecule has 0 saturated carbocycles. The zero-order valence-corrected chi connectivity index (χ0v) is 15.8. The molecule has 0 fully saturated rings. The van der Waals surface area contributed by atoms with E-state index in [0.717, 1.165) is 24.0 Å². The zero-order valence-electron chi connectivity index (χ0n) is 15.8.